The first-order valence-electron chi connectivity index (χ1n) is 4.52. The number of cyclic esters (lactones) is 1. The fraction of sp³-hybridized carbons (Fsp3) is 0.889. The predicted molar refractivity (Wildman–Crippen MR) is 44.9 cm³/mol. The van der Waals surface area contributed by atoms with Gasteiger partial charge >= 0.3 is 12.1 Å². The van der Waals surface area contributed by atoms with E-state index in [1.807, 2.05) is 0 Å². The summed E-state index contributed by atoms with van der Waals surface area (Å²) in [5.74, 6) is -0.872. The minimum absolute atomic E-state index is 0.667. The molecule has 1 aliphatic heterocycles. The van der Waals surface area contributed by atoms with Crippen LogP contribution in [0.25, 0.3) is 0 Å². The van der Waals surface area contributed by atoms with Gasteiger partial charge < -0.3 is 9.47 Å². The van der Waals surface area contributed by atoms with Crippen molar-refractivity contribution in [1.82, 2.24) is 0 Å². The van der Waals surface area contributed by atoms with Crippen molar-refractivity contribution in [3.8, 4) is 0 Å². The molecule has 0 aliphatic carbocycles. The summed E-state index contributed by atoms with van der Waals surface area (Å²) in [4.78, 5) is 11.0. The maximum absolute atomic E-state index is 12.3. The van der Waals surface area contributed by atoms with Gasteiger partial charge in [0.1, 0.15) is 0 Å². The molecule has 1 saturated heterocycles. The smallest absolute Gasteiger partial charge is 0.415 e. The largest absolute Gasteiger partial charge is 0.435 e. The summed E-state index contributed by atoms with van der Waals surface area (Å²) in [6, 6.07) is 0. The van der Waals surface area contributed by atoms with Crippen LogP contribution < -0.4 is 0 Å². The number of hydrogen-bond donors (Lipinski definition) is 0. The number of halogens is 3. The molecule has 0 saturated carbocycles. The molecule has 1 aliphatic rings. The maximum Gasteiger partial charge on any atom is 0.415 e. The van der Waals surface area contributed by atoms with Gasteiger partial charge in [-0.25, -0.2) is 0 Å². The van der Waals surface area contributed by atoms with E-state index < -0.39 is 36.4 Å². The monoisotopic (exact) mass is 226 g/mol. The molecule has 0 radical (unpaired) electrons. The Balaban J connectivity index is 2.77. The molecule has 0 amide bonds. The van der Waals surface area contributed by atoms with E-state index in [0.717, 1.165) is 0 Å². The summed E-state index contributed by atoms with van der Waals surface area (Å²) in [7, 11) is 0. The Hall–Kier alpha value is -0.780. The van der Waals surface area contributed by atoms with Crippen molar-refractivity contribution < 1.29 is 27.4 Å². The van der Waals surface area contributed by atoms with Crippen LogP contribution in [0.5, 0.6) is 0 Å². The van der Waals surface area contributed by atoms with Crippen molar-refractivity contribution >= 4 is 5.97 Å². The lowest BCUT2D eigenvalue weighted by atomic mass is 9.95. The number of alkyl halides is 3. The Bertz CT molecular complexity index is 230. The van der Waals surface area contributed by atoms with E-state index >= 15 is 0 Å². The van der Waals surface area contributed by atoms with Crippen molar-refractivity contribution in [3.05, 3.63) is 0 Å². The minimum Gasteiger partial charge on any atom is -0.435 e. The second kappa shape index (κ2) is 3.66. The third kappa shape index (κ3) is 3.09. The maximum atomic E-state index is 12.3. The van der Waals surface area contributed by atoms with Crippen LogP contribution in [0.3, 0.4) is 0 Å². The Morgan fingerprint density at radius 2 is 1.80 bits per heavy atom. The molecule has 88 valence electrons. The number of hydrogen-bond acceptors (Lipinski definition) is 3. The summed E-state index contributed by atoms with van der Waals surface area (Å²) in [5.41, 5.74) is -0.667. The molecule has 0 aromatic heterocycles. The Kier molecular flexibility index (Phi) is 3.00. The minimum atomic E-state index is -4.52. The normalized spacial score (nSPS) is 28.8. The van der Waals surface area contributed by atoms with Crippen molar-refractivity contribution in [2.45, 2.75) is 45.8 Å². The average molecular weight is 226 g/mol. The van der Waals surface area contributed by atoms with Crippen LogP contribution >= 0.6 is 0 Å². The SMILES string of the molecule is CC(C)(C)[C@H]1OC(=O)C[C@@H](C(F)(F)F)O1. The van der Waals surface area contributed by atoms with E-state index in [0.29, 0.717) is 0 Å². The fourth-order valence-electron chi connectivity index (χ4n) is 1.12. The average Bonchev–Trinajstić information content (AvgIpc) is 1.99. The molecule has 3 nitrogen and oxygen atoms in total. The van der Waals surface area contributed by atoms with Gasteiger partial charge in [-0.3, -0.25) is 4.79 Å². The highest BCUT2D eigenvalue weighted by Crippen LogP contribution is 2.35. The van der Waals surface area contributed by atoms with Gasteiger partial charge in [-0.2, -0.15) is 13.2 Å². The van der Waals surface area contributed by atoms with Crippen molar-refractivity contribution in [2.75, 3.05) is 0 Å². The van der Waals surface area contributed by atoms with Gasteiger partial charge in [0.25, 0.3) is 0 Å². The van der Waals surface area contributed by atoms with Crippen LogP contribution in [0.2, 0.25) is 0 Å². The number of ether oxygens (including phenoxy) is 2. The Labute approximate surface area is 85.5 Å². The van der Waals surface area contributed by atoms with Crippen LogP contribution in [0, 0.1) is 5.41 Å². The number of carbonyl (C=O) groups excluding carboxylic acids is 1. The molecule has 0 aromatic rings. The summed E-state index contributed by atoms with van der Waals surface area (Å²) >= 11 is 0. The molecule has 2 atom stereocenters. The second-order valence-electron chi connectivity index (χ2n) is 4.56. The zero-order chi connectivity index (χ0) is 11.9. The zero-order valence-electron chi connectivity index (χ0n) is 8.72. The molecule has 1 rings (SSSR count). The molecule has 1 heterocycles. The van der Waals surface area contributed by atoms with E-state index in [9.17, 15) is 18.0 Å². The molecule has 0 N–H and O–H groups in total. The fourth-order valence-corrected chi connectivity index (χ4v) is 1.12. The third-order valence-electron chi connectivity index (χ3n) is 1.95. The highest BCUT2D eigenvalue weighted by molar-refractivity contribution is 5.70. The van der Waals surface area contributed by atoms with Gasteiger partial charge in [0.2, 0.25) is 6.29 Å². The standard InChI is InChI=1S/C9H13F3O3/c1-8(2,3)7-14-5(9(10,11)12)4-6(13)15-7/h5,7H,4H2,1-3H3/t5-,7+/m0/s1. The molecular weight excluding hydrogens is 213 g/mol. The topological polar surface area (TPSA) is 35.5 Å². The van der Waals surface area contributed by atoms with E-state index in [-0.39, 0.29) is 0 Å². The van der Waals surface area contributed by atoms with E-state index in [4.69, 9.17) is 9.47 Å². The van der Waals surface area contributed by atoms with Gasteiger partial charge in [-0.15, -0.1) is 0 Å². The summed E-state index contributed by atoms with van der Waals surface area (Å²) in [6.07, 6.45) is -8.49. The molecule has 0 spiro atoms. The molecule has 0 unspecified atom stereocenters. The molecule has 15 heavy (non-hydrogen) atoms. The van der Waals surface area contributed by atoms with Gasteiger partial charge in [0.05, 0.1) is 6.42 Å². The molecular formula is C9H13F3O3. The first-order chi connectivity index (χ1) is 6.60. The molecule has 1 fully saturated rings. The number of rotatable bonds is 0. The summed E-state index contributed by atoms with van der Waals surface area (Å²) in [6.45, 7) is 4.93. The van der Waals surface area contributed by atoms with Gasteiger partial charge in [-0.1, -0.05) is 20.8 Å². The van der Waals surface area contributed by atoms with Gasteiger partial charge in [-0.05, 0) is 0 Å². The highest BCUT2D eigenvalue weighted by Gasteiger charge is 2.49. The van der Waals surface area contributed by atoms with Gasteiger partial charge in [0, 0.05) is 5.41 Å². The quantitative estimate of drug-likeness (QED) is 0.594. The lowest BCUT2D eigenvalue weighted by molar-refractivity contribution is -0.306. The van der Waals surface area contributed by atoms with Gasteiger partial charge in [0.15, 0.2) is 6.10 Å². The molecule has 0 aromatic carbocycles. The van der Waals surface area contributed by atoms with Crippen LogP contribution in [0.1, 0.15) is 27.2 Å². The summed E-state index contributed by atoms with van der Waals surface area (Å²) < 4.78 is 46.5. The summed E-state index contributed by atoms with van der Waals surface area (Å²) in [5, 5.41) is 0. The van der Waals surface area contributed by atoms with Crippen molar-refractivity contribution in [2.24, 2.45) is 5.41 Å². The van der Waals surface area contributed by atoms with Crippen molar-refractivity contribution in [3.63, 3.8) is 0 Å². The Morgan fingerprint density at radius 1 is 1.27 bits per heavy atom. The van der Waals surface area contributed by atoms with E-state index in [2.05, 4.69) is 0 Å². The molecule has 0 bridgehead atoms. The van der Waals surface area contributed by atoms with Crippen LogP contribution in [-0.2, 0) is 14.3 Å². The van der Waals surface area contributed by atoms with E-state index in [1.165, 1.54) is 0 Å². The van der Waals surface area contributed by atoms with Crippen LogP contribution in [0.15, 0.2) is 0 Å². The zero-order valence-corrected chi connectivity index (χ0v) is 8.72. The van der Waals surface area contributed by atoms with Crippen LogP contribution in [-0.4, -0.2) is 24.5 Å². The number of carbonyl (C=O) groups is 1. The third-order valence-corrected chi connectivity index (χ3v) is 1.95. The molecule has 6 heteroatoms. The Morgan fingerprint density at radius 3 is 2.20 bits per heavy atom. The first-order valence-corrected chi connectivity index (χ1v) is 4.52. The van der Waals surface area contributed by atoms with Crippen molar-refractivity contribution in [1.29, 1.82) is 0 Å². The highest BCUT2D eigenvalue weighted by atomic mass is 19.4. The number of esters is 1. The lowest BCUT2D eigenvalue weighted by Crippen LogP contribution is -2.48. The first kappa shape index (κ1) is 12.3. The lowest BCUT2D eigenvalue weighted by Gasteiger charge is -2.37. The van der Waals surface area contributed by atoms with Crippen LogP contribution in [0.4, 0.5) is 13.2 Å². The van der Waals surface area contributed by atoms with E-state index in [1.54, 1.807) is 20.8 Å². The predicted octanol–water partition coefficient (Wildman–Crippen LogP) is 2.25. The second-order valence-corrected chi connectivity index (χ2v) is 4.56.